The number of rotatable bonds is 5. The van der Waals surface area contributed by atoms with Gasteiger partial charge in [-0.05, 0) is 18.8 Å². The summed E-state index contributed by atoms with van der Waals surface area (Å²) in [6.45, 7) is 1.95. The van der Waals surface area contributed by atoms with Crippen LogP contribution in [0.5, 0.6) is 0 Å². The molecule has 1 aromatic rings. The van der Waals surface area contributed by atoms with E-state index in [0.29, 0.717) is 31.5 Å². The zero-order valence-electron chi connectivity index (χ0n) is 11.8. The van der Waals surface area contributed by atoms with Gasteiger partial charge in [0, 0.05) is 32.9 Å². The summed E-state index contributed by atoms with van der Waals surface area (Å²) in [5.41, 5.74) is -0.0241. The van der Waals surface area contributed by atoms with Crippen LogP contribution in [0, 0.1) is 16.0 Å². The minimum atomic E-state index is -0.568. The maximum atomic E-state index is 12.2. The minimum absolute atomic E-state index is 0.179. The highest BCUT2D eigenvalue weighted by molar-refractivity contribution is 5.99. The first-order valence-corrected chi connectivity index (χ1v) is 6.80. The van der Waals surface area contributed by atoms with Gasteiger partial charge in [-0.3, -0.25) is 14.9 Å². The Bertz CT molecular complexity index is 529. The zero-order chi connectivity index (χ0) is 15.2. The van der Waals surface area contributed by atoms with Crippen LogP contribution in [0.15, 0.2) is 12.3 Å². The van der Waals surface area contributed by atoms with Crippen molar-refractivity contribution < 1.29 is 14.5 Å². The summed E-state index contributed by atoms with van der Waals surface area (Å²) >= 11 is 0. The predicted molar refractivity (Wildman–Crippen MR) is 76.3 cm³/mol. The number of amides is 1. The van der Waals surface area contributed by atoms with E-state index in [1.165, 1.54) is 6.07 Å². The third-order valence-electron chi connectivity index (χ3n) is 3.46. The van der Waals surface area contributed by atoms with E-state index < -0.39 is 4.92 Å². The van der Waals surface area contributed by atoms with Gasteiger partial charge in [0.15, 0.2) is 0 Å². The predicted octanol–water partition coefficient (Wildman–Crippen LogP) is 1.19. The van der Waals surface area contributed by atoms with Crippen LogP contribution in [0.3, 0.4) is 0 Å². The monoisotopic (exact) mass is 294 g/mol. The molecule has 0 aliphatic carbocycles. The second kappa shape index (κ2) is 6.98. The zero-order valence-corrected chi connectivity index (χ0v) is 11.8. The van der Waals surface area contributed by atoms with E-state index in [-0.39, 0.29) is 17.2 Å². The summed E-state index contributed by atoms with van der Waals surface area (Å²) in [4.78, 5) is 26.3. The Morgan fingerprint density at radius 1 is 1.52 bits per heavy atom. The van der Waals surface area contributed by atoms with Crippen molar-refractivity contribution in [2.45, 2.75) is 12.8 Å². The molecule has 2 heterocycles. The van der Waals surface area contributed by atoms with Crippen LogP contribution in [0.1, 0.15) is 23.2 Å². The number of nitrogens with one attached hydrogen (secondary N) is 2. The van der Waals surface area contributed by atoms with Crippen molar-refractivity contribution in [1.82, 2.24) is 10.3 Å². The van der Waals surface area contributed by atoms with Gasteiger partial charge in [-0.25, -0.2) is 4.98 Å². The molecule has 114 valence electrons. The molecule has 0 radical (unpaired) electrons. The Kier molecular flexibility index (Phi) is 5.04. The Morgan fingerprint density at radius 3 is 2.86 bits per heavy atom. The number of anilines is 1. The van der Waals surface area contributed by atoms with Gasteiger partial charge in [0.1, 0.15) is 12.0 Å². The fraction of sp³-hybridized carbons (Fsp3) is 0.538. The molecule has 0 unspecified atom stereocenters. The van der Waals surface area contributed by atoms with E-state index in [1.54, 1.807) is 7.05 Å². The van der Waals surface area contributed by atoms with Crippen molar-refractivity contribution in [3.8, 4) is 0 Å². The first kappa shape index (κ1) is 15.2. The second-order valence-electron chi connectivity index (χ2n) is 4.86. The van der Waals surface area contributed by atoms with Crippen LogP contribution in [-0.2, 0) is 4.74 Å². The highest BCUT2D eigenvalue weighted by atomic mass is 16.6. The molecule has 2 N–H and O–H groups in total. The number of nitro groups is 1. The molecule has 1 amide bonds. The number of carbonyl (C=O) groups is 1. The molecule has 21 heavy (non-hydrogen) atoms. The van der Waals surface area contributed by atoms with Crippen molar-refractivity contribution in [1.29, 1.82) is 0 Å². The van der Waals surface area contributed by atoms with Crippen molar-refractivity contribution in [2.75, 3.05) is 32.1 Å². The molecule has 1 fully saturated rings. The van der Waals surface area contributed by atoms with Gasteiger partial charge >= 0.3 is 0 Å². The Morgan fingerprint density at radius 2 is 2.24 bits per heavy atom. The number of nitrogens with zero attached hydrogens (tertiary/aromatic N) is 2. The normalized spacial score (nSPS) is 15.5. The fourth-order valence-electron chi connectivity index (χ4n) is 2.21. The largest absolute Gasteiger partial charge is 0.381 e. The van der Waals surface area contributed by atoms with E-state index in [4.69, 9.17) is 4.74 Å². The molecule has 0 saturated carbocycles. The molecule has 8 nitrogen and oxygen atoms in total. The van der Waals surface area contributed by atoms with E-state index in [2.05, 4.69) is 15.6 Å². The molecular formula is C13H18N4O4. The number of aromatic nitrogens is 1. The number of hydrogen-bond acceptors (Lipinski definition) is 6. The van der Waals surface area contributed by atoms with Gasteiger partial charge in [0.2, 0.25) is 0 Å². The number of ether oxygens (including phenoxy) is 1. The van der Waals surface area contributed by atoms with E-state index in [0.717, 1.165) is 19.0 Å². The second-order valence-corrected chi connectivity index (χ2v) is 4.86. The van der Waals surface area contributed by atoms with Gasteiger partial charge in [-0.2, -0.15) is 0 Å². The summed E-state index contributed by atoms with van der Waals surface area (Å²) in [5.74, 6) is 0.347. The van der Waals surface area contributed by atoms with Crippen LogP contribution >= 0.6 is 0 Å². The summed E-state index contributed by atoms with van der Waals surface area (Å²) in [5, 5.41) is 16.4. The minimum Gasteiger partial charge on any atom is -0.381 e. The molecule has 1 aliphatic rings. The first-order chi connectivity index (χ1) is 10.1. The van der Waals surface area contributed by atoms with Crippen molar-refractivity contribution in [3.05, 3.63) is 27.9 Å². The maximum Gasteiger partial charge on any atom is 0.288 e. The van der Waals surface area contributed by atoms with E-state index in [1.807, 2.05) is 0 Å². The Balaban J connectivity index is 2.06. The summed E-state index contributed by atoms with van der Waals surface area (Å²) < 4.78 is 5.26. The fourth-order valence-corrected chi connectivity index (χ4v) is 2.21. The standard InChI is InChI=1S/C13H18N4O4/c1-14-12-11(6-10(8-15-12)17(19)20)13(18)16-7-9-2-4-21-5-3-9/h6,8-9H,2-5,7H2,1H3,(H,14,15)(H,16,18). The lowest BCUT2D eigenvalue weighted by atomic mass is 10.0. The molecule has 0 spiro atoms. The number of pyridine rings is 1. The lowest BCUT2D eigenvalue weighted by molar-refractivity contribution is -0.385. The average molecular weight is 294 g/mol. The molecule has 0 bridgehead atoms. The number of hydrogen-bond donors (Lipinski definition) is 2. The smallest absolute Gasteiger partial charge is 0.288 e. The van der Waals surface area contributed by atoms with Crippen molar-refractivity contribution in [2.24, 2.45) is 5.92 Å². The summed E-state index contributed by atoms with van der Waals surface area (Å²) in [6, 6.07) is 1.23. The third kappa shape index (κ3) is 3.88. The Hall–Kier alpha value is -2.22. The van der Waals surface area contributed by atoms with Gasteiger partial charge < -0.3 is 15.4 Å². The van der Waals surface area contributed by atoms with Crippen LogP contribution in [0.4, 0.5) is 11.5 Å². The van der Waals surface area contributed by atoms with Gasteiger partial charge in [0.25, 0.3) is 11.6 Å². The summed E-state index contributed by atoms with van der Waals surface area (Å²) in [6.07, 6.45) is 2.94. The quantitative estimate of drug-likeness (QED) is 0.624. The molecule has 1 aromatic heterocycles. The molecular weight excluding hydrogens is 276 g/mol. The van der Waals surface area contributed by atoms with Crippen LogP contribution < -0.4 is 10.6 Å². The highest BCUT2D eigenvalue weighted by Gasteiger charge is 2.19. The first-order valence-electron chi connectivity index (χ1n) is 6.80. The van der Waals surface area contributed by atoms with Gasteiger partial charge in [-0.15, -0.1) is 0 Å². The summed E-state index contributed by atoms with van der Waals surface area (Å²) in [7, 11) is 1.61. The van der Waals surface area contributed by atoms with E-state index >= 15 is 0 Å². The Labute approximate surface area is 122 Å². The van der Waals surface area contributed by atoms with Gasteiger partial charge in [0.05, 0.1) is 10.5 Å². The lowest BCUT2D eigenvalue weighted by Crippen LogP contribution is -2.32. The van der Waals surface area contributed by atoms with Crippen LogP contribution in [0.2, 0.25) is 0 Å². The number of carbonyl (C=O) groups excluding carboxylic acids is 1. The highest BCUT2D eigenvalue weighted by Crippen LogP contribution is 2.19. The van der Waals surface area contributed by atoms with Crippen molar-refractivity contribution >= 4 is 17.4 Å². The van der Waals surface area contributed by atoms with Crippen molar-refractivity contribution in [3.63, 3.8) is 0 Å². The molecule has 0 aromatic carbocycles. The lowest BCUT2D eigenvalue weighted by Gasteiger charge is -2.22. The average Bonchev–Trinajstić information content (AvgIpc) is 2.52. The molecule has 1 saturated heterocycles. The van der Waals surface area contributed by atoms with E-state index in [9.17, 15) is 14.9 Å². The van der Waals surface area contributed by atoms with Gasteiger partial charge in [-0.1, -0.05) is 0 Å². The SMILES string of the molecule is CNc1ncc([N+](=O)[O-])cc1C(=O)NCC1CCOCC1. The molecule has 2 rings (SSSR count). The molecule has 0 atom stereocenters. The molecule has 8 heteroatoms. The topological polar surface area (TPSA) is 106 Å². The van der Waals surface area contributed by atoms with Crippen LogP contribution in [0.25, 0.3) is 0 Å². The maximum absolute atomic E-state index is 12.2. The van der Waals surface area contributed by atoms with Crippen LogP contribution in [-0.4, -0.2) is 42.6 Å². The molecule has 1 aliphatic heterocycles. The third-order valence-corrected chi connectivity index (χ3v) is 3.46.